The molecule has 0 aromatic heterocycles. The van der Waals surface area contributed by atoms with Crippen molar-refractivity contribution in [2.24, 2.45) is 16.8 Å². The molecule has 1 aromatic carbocycles. The van der Waals surface area contributed by atoms with Crippen LogP contribution in [0.5, 0.6) is 0 Å². The molecule has 1 aliphatic carbocycles. The summed E-state index contributed by atoms with van der Waals surface area (Å²) in [4.78, 5) is 25.5. The van der Waals surface area contributed by atoms with Crippen LogP contribution in [-0.2, 0) is 16.0 Å². The molecule has 4 aliphatic heterocycles. The third kappa shape index (κ3) is 4.40. The molecule has 6 rings (SSSR count). The largest absolute Gasteiger partial charge is 0.368 e. The van der Waals surface area contributed by atoms with Crippen LogP contribution in [0.4, 0.5) is 0 Å². The Morgan fingerprint density at radius 1 is 1.33 bits per heavy atom. The predicted octanol–water partition coefficient (Wildman–Crippen LogP) is 1.44. The molecule has 0 bridgehead atoms. The second-order valence-corrected chi connectivity index (χ2v) is 10.4. The molecular formula is C26H33N7O3. The van der Waals surface area contributed by atoms with E-state index in [0.29, 0.717) is 19.0 Å². The van der Waals surface area contributed by atoms with Crippen LogP contribution in [0, 0.1) is 10.8 Å². The molecule has 0 spiro atoms. The Morgan fingerprint density at radius 3 is 3.00 bits per heavy atom. The lowest BCUT2D eigenvalue weighted by Crippen LogP contribution is -2.49. The van der Waals surface area contributed by atoms with Crippen molar-refractivity contribution >= 4 is 11.5 Å². The Kier molecular flexibility index (Phi) is 5.82. The molecule has 1 amide bonds. The lowest BCUT2D eigenvalue weighted by molar-refractivity contribution is -0.131. The molecule has 4 N–H and O–H groups in total. The van der Waals surface area contributed by atoms with Gasteiger partial charge in [0.2, 0.25) is 5.91 Å². The van der Waals surface area contributed by atoms with Crippen LogP contribution in [0.2, 0.25) is 0 Å². The van der Waals surface area contributed by atoms with Gasteiger partial charge in [0.1, 0.15) is 17.5 Å². The fourth-order valence-corrected chi connectivity index (χ4v) is 5.52. The van der Waals surface area contributed by atoms with Crippen molar-refractivity contribution in [2.45, 2.75) is 43.6 Å². The number of allylic oxidation sites excluding steroid dienone is 1. The van der Waals surface area contributed by atoms with Gasteiger partial charge in [-0.25, -0.2) is 5.01 Å². The molecule has 190 valence electrons. The third-order valence-electron chi connectivity index (χ3n) is 7.87. The average Bonchev–Trinajstić information content (AvgIpc) is 3.79. The third-order valence-corrected chi connectivity index (χ3v) is 7.87. The van der Waals surface area contributed by atoms with Gasteiger partial charge in [-0.15, -0.1) is 4.91 Å². The number of hydrogen-bond acceptors (Lipinski definition) is 9. The Morgan fingerprint density at radius 2 is 2.19 bits per heavy atom. The Labute approximate surface area is 210 Å². The summed E-state index contributed by atoms with van der Waals surface area (Å²) in [5.74, 6) is 1.27. The summed E-state index contributed by atoms with van der Waals surface area (Å²) in [7, 11) is 1.95. The first-order valence-corrected chi connectivity index (χ1v) is 12.7. The molecule has 2 saturated heterocycles. The highest BCUT2D eigenvalue weighted by Gasteiger charge is 2.53. The molecule has 0 radical (unpaired) electrons. The Bertz CT molecular complexity index is 1160. The number of ether oxygens (including phenoxy) is 1. The minimum Gasteiger partial charge on any atom is -0.368 e. The first-order chi connectivity index (χ1) is 17.4. The molecule has 10 nitrogen and oxygen atoms in total. The molecule has 10 heteroatoms. The van der Waals surface area contributed by atoms with E-state index in [-0.39, 0.29) is 24.9 Å². The van der Waals surface area contributed by atoms with Crippen LogP contribution >= 0.6 is 0 Å². The second-order valence-electron chi connectivity index (χ2n) is 10.4. The van der Waals surface area contributed by atoms with Gasteiger partial charge in [-0.05, 0) is 53.1 Å². The number of epoxide rings is 1. The van der Waals surface area contributed by atoms with E-state index in [2.05, 4.69) is 40.1 Å². The summed E-state index contributed by atoms with van der Waals surface area (Å²) < 4.78 is 5.92. The topological polar surface area (TPSA) is 119 Å². The number of dihydropyridines is 1. The van der Waals surface area contributed by atoms with Gasteiger partial charge in [-0.1, -0.05) is 24.3 Å². The van der Waals surface area contributed by atoms with Crippen molar-refractivity contribution in [1.82, 2.24) is 25.6 Å². The van der Waals surface area contributed by atoms with E-state index in [4.69, 9.17) is 10.5 Å². The Balaban J connectivity index is 1.05. The summed E-state index contributed by atoms with van der Waals surface area (Å²) in [5, 5.41) is 13.6. The highest BCUT2D eigenvalue weighted by molar-refractivity contribution is 5.91. The standard InChI is InChI=1S/C26H33N7O3/c1-31-14-19(15-32(31)16-29-35)18-4-2-3-17(11-18)12-22-24(36-22)30-23-13-21(7-9-28-23)33-10-8-26(27,25(33)34)20-5-6-20/h2-4,7,11,13,15,20,22,24,28,30H,5-6,8-10,12,14,16,27H2,1H3. The number of benzene rings is 1. The van der Waals surface area contributed by atoms with E-state index >= 15 is 0 Å². The SMILES string of the molecule is CN1CC(c2cccc(CC3OC3NC3=CC(N4CCC(N)(C5CC5)C4=O)=CCN3)c2)=CN1CN=O. The molecule has 36 heavy (non-hydrogen) atoms. The number of amides is 1. The zero-order chi connectivity index (χ0) is 24.9. The number of nitrogens with one attached hydrogen (secondary N) is 2. The quantitative estimate of drug-likeness (QED) is 0.351. The van der Waals surface area contributed by atoms with E-state index in [1.807, 2.05) is 40.3 Å². The van der Waals surface area contributed by atoms with Gasteiger partial charge in [0, 0.05) is 51.1 Å². The molecule has 3 atom stereocenters. The number of hydrazine groups is 1. The van der Waals surface area contributed by atoms with Crippen LogP contribution in [-0.4, -0.2) is 72.0 Å². The number of carbonyl (C=O) groups excluding carboxylic acids is 1. The van der Waals surface area contributed by atoms with Crippen LogP contribution in [0.3, 0.4) is 0 Å². The fourth-order valence-electron chi connectivity index (χ4n) is 5.52. The van der Waals surface area contributed by atoms with Gasteiger partial charge in [-0.3, -0.25) is 9.80 Å². The molecule has 4 heterocycles. The van der Waals surface area contributed by atoms with Crippen molar-refractivity contribution in [3.05, 3.63) is 70.2 Å². The van der Waals surface area contributed by atoms with Gasteiger partial charge < -0.3 is 26.0 Å². The highest BCUT2D eigenvalue weighted by Crippen LogP contribution is 2.44. The Hall–Kier alpha value is -3.21. The molecule has 1 saturated carbocycles. The van der Waals surface area contributed by atoms with Crippen molar-refractivity contribution in [3.8, 4) is 0 Å². The number of nitrogens with two attached hydrogens (primary N) is 1. The van der Waals surface area contributed by atoms with Gasteiger partial charge in [0.25, 0.3) is 0 Å². The highest BCUT2D eigenvalue weighted by atomic mass is 16.6. The van der Waals surface area contributed by atoms with Crippen molar-refractivity contribution in [1.29, 1.82) is 0 Å². The summed E-state index contributed by atoms with van der Waals surface area (Å²) in [5.41, 5.74) is 10.2. The van der Waals surface area contributed by atoms with Gasteiger partial charge in [-0.2, -0.15) is 0 Å². The van der Waals surface area contributed by atoms with Gasteiger partial charge >= 0.3 is 0 Å². The van der Waals surface area contributed by atoms with Crippen LogP contribution in [0.15, 0.2) is 59.3 Å². The van der Waals surface area contributed by atoms with Gasteiger partial charge in [0.15, 0.2) is 12.9 Å². The number of likely N-dealkylation sites (tertiary alicyclic amines) is 1. The molecule has 5 aliphatic rings. The van der Waals surface area contributed by atoms with Crippen molar-refractivity contribution < 1.29 is 9.53 Å². The summed E-state index contributed by atoms with van der Waals surface area (Å²) >= 11 is 0. The fraction of sp³-hybridized carbons (Fsp3) is 0.500. The number of carbonyl (C=O) groups is 1. The summed E-state index contributed by atoms with van der Waals surface area (Å²) in [6.45, 7) is 2.18. The lowest BCUT2D eigenvalue weighted by atomic mass is 9.93. The van der Waals surface area contributed by atoms with E-state index in [0.717, 1.165) is 54.9 Å². The molecule has 1 aromatic rings. The average molecular weight is 492 g/mol. The zero-order valence-corrected chi connectivity index (χ0v) is 20.5. The number of rotatable bonds is 9. The van der Waals surface area contributed by atoms with E-state index in [9.17, 15) is 9.70 Å². The summed E-state index contributed by atoms with van der Waals surface area (Å²) in [6.07, 6.45) is 9.66. The lowest BCUT2D eigenvalue weighted by Gasteiger charge is -2.26. The number of likely N-dealkylation sites (N-methyl/N-ethyl adjacent to an activating group) is 1. The maximum atomic E-state index is 13.0. The predicted molar refractivity (Wildman–Crippen MR) is 135 cm³/mol. The monoisotopic (exact) mass is 491 g/mol. The van der Waals surface area contributed by atoms with Crippen molar-refractivity contribution in [3.63, 3.8) is 0 Å². The normalized spacial score (nSPS) is 30.1. The van der Waals surface area contributed by atoms with E-state index in [1.54, 1.807) is 0 Å². The number of hydrogen-bond donors (Lipinski definition) is 3. The number of nitrogens with zero attached hydrogens (tertiary/aromatic N) is 4. The van der Waals surface area contributed by atoms with E-state index in [1.165, 1.54) is 5.56 Å². The van der Waals surface area contributed by atoms with Crippen LogP contribution in [0.1, 0.15) is 30.4 Å². The first-order valence-electron chi connectivity index (χ1n) is 12.7. The van der Waals surface area contributed by atoms with Crippen LogP contribution in [0.25, 0.3) is 5.57 Å². The zero-order valence-electron chi connectivity index (χ0n) is 20.5. The van der Waals surface area contributed by atoms with E-state index < -0.39 is 5.54 Å². The smallest absolute Gasteiger partial charge is 0.247 e. The second kappa shape index (κ2) is 9.02. The minimum absolute atomic E-state index is 0.0586. The van der Waals surface area contributed by atoms with Crippen molar-refractivity contribution in [2.75, 3.05) is 33.4 Å². The van der Waals surface area contributed by atoms with Crippen LogP contribution < -0.4 is 16.4 Å². The maximum absolute atomic E-state index is 13.0. The first kappa shape index (κ1) is 23.2. The number of nitroso groups, excluding NO2 is 1. The van der Waals surface area contributed by atoms with Gasteiger partial charge in [0.05, 0.1) is 0 Å². The maximum Gasteiger partial charge on any atom is 0.247 e. The minimum atomic E-state index is -0.681. The molecule has 3 fully saturated rings. The summed E-state index contributed by atoms with van der Waals surface area (Å²) in [6, 6.07) is 8.45. The molecular weight excluding hydrogens is 458 g/mol. The molecule has 3 unspecified atom stereocenters.